The van der Waals surface area contributed by atoms with E-state index >= 15 is 0 Å². The lowest BCUT2D eigenvalue weighted by atomic mass is 9.86. The molecule has 0 spiro atoms. The summed E-state index contributed by atoms with van der Waals surface area (Å²) in [5, 5.41) is 0. The fraction of sp³-hybridized carbons (Fsp3) is 0.429. The van der Waals surface area contributed by atoms with Crippen LogP contribution in [-0.4, -0.2) is 24.1 Å². The van der Waals surface area contributed by atoms with Crippen molar-refractivity contribution in [3.63, 3.8) is 0 Å². The summed E-state index contributed by atoms with van der Waals surface area (Å²) in [7, 11) is 1.41. The van der Waals surface area contributed by atoms with Gasteiger partial charge in [0, 0.05) is 12.8 Å². The Balaban J connectivity index is 2.11. The molecule has 0 amide bonds. The summed E-state index contributed by atoms with van der Waals surface area (Å²) in [5.41, 5.74) is 1.61. The van der Waals surface area contributed by atoms with Gasteiger partial charge >= 0.3 is 6.18 Å². The Morgan fingerprint density at radius 1 is 1.07 bits per heavy atom. The van der Waals surface area contributed by atoms with Crippen molar-refractivity contribution in [3.05, 3.63) is 59.4 Å². The fourth-order valence-electron chi connectivity index (χ4n) is 2.76. The molecule has 0 saturated heterocycles. The van der Waals surface area contributed by atoms with Crippen LogP contribution in [0.3, 0.4) is 0 Å². The maximum Gasteiger partial charge on any atom is 0.397 e. The maximum atomic E-state index is 13.4. The number of carbonyl (C=O) groups is 1. The third-order valence-electron chi connectivity index (χ3n) is 4.40. The van der Waals surface area contributed by atoms with E-state index in [0.29, 0.717) is 11.3 Å². The van der Waals surface area contributed by atoms with E-state index in [4.69, 9.17) is 4.74 Å². The highest BCUT2D eigenvalue weighted by molar-refractivity contribution is 5.81. The Bertz CT molecular complexity index is 760. The van der Waals surface area contributed by atoms with Crippen LogP contribution in [0.2, 0.25) is 0 Å². The van der Waals surface area contributed by atoms with Crippen molar-refractivity contribution in [2.45, 2.75) is 51.1 Å². The molecule has 0 aliphatic carbocycles. The predicted molar refractivity (Wildman–Crippen MR) is 98.1 cm³/mol. The first-order chi connectivity index (χ1) is 12.5. The van der Waals surface area contributed by atoms with Crippen LogP contribution in [0.25, 0.3) is 0 Å². The molecule has 1 aromatic carbocycles. The van der Waals surface area contributed by atoms with Crippen LogP contribution in [-0.2, 0) is 16.6 Å². The number of rotatable bonds is 6. The summed E-state index contributed by atoms with van der Waals surface area (Å²) >= 11 is 0. The fourth-order valence-corrected chi connectivity index (χ4v) is 2.76. The first-order valence-corrected chi connectivity index (χ1v) is 8.68. The third kappa shape index (κ3) is 5.81. The van der Waals surface area contributed by atoms with Gasteiger partial charge in [-0.2, -0.15) is 13.2 Å². The van der Waals surface area contributed by atoms with Crippen molar-refractivity contribution in [1.82, 2.24) is 4.98 Å². The molecule has 1 aromatic heterocycles. The molecular formula is C21H24F3NO2. The molecule has 146 valence electrons. The number of halogens is 3. The Kier molecular flexibility index (Phi) is 6.29. The quantitative estimate of drug-likeness (QED) is 0.689. The first kappa shape index (κ1) is 20.9. The smallest absolute Gasteiger partial charge is 0.397 e. The predicted octanol–water partition coefficient (Wildman–Crippen LogP) is 5.24. The topological polar surface area (TPSA) is 39.2 Å². The number of aromatic nitrogens is 1. The number of carbonyl (C=O) groups excluding carboxylic acids is 1. The van der Waals surface area contributed by atoms with Gasteiger partial charge in [0.05, 0.1) is 19.0 Å². The summed E-state index contributed by atoms with van der Waals surface area (Å²) in [6, 6.07) is 10.1. The van der Waals surface area contributed by atoms with E-state index in [0.717, 1.165) is 5.56 Å². The highest BCUT2D eigenvalue weighted by atomic mass is 19.4. The minimum atomic E-state index is -4.55. The van der Waals surface area contributed by atoms with Crippen LogP contribution in [0.5, 0.6) is 5.75 Å². The minimum absolute atomic E-state index is 0.0239. The zero-order valence-corrected chi connectivity index (χ0v) is 15.9. The number of ketones is 1. The monoisotopic (exact) mass is 379 g/mol. The summed E-state index contributed by atoms with van der Waals surface area (Å²) in [4.78, 5) is 16.1. The standard InChI is InChI=1S/C21H24F3NO2/c1-20(2,3)15-7-5-14(6-8-15)11-16(26)12-18(21(22,23)24)19-10-9-17(27-4)13-25-19/h5-10,13,18H,11-12H2,1-4H3/t18-/m0/s1. The molecule has 0 aliphatic heterocycles. The van der Waals surface area contributed by atoms with Gasteiger partial charge in [0.15, 0.2) is 0 Å². The zero-order valence-electron chi connectivity index (χ0n) is 15.9. The van der Waals surface area contributed by atoms with E-state index in [1.165, 1.54) is 25.4 Å². The van der Waals surface area contributed by atoms with Gasteiger partial charge in [-0.25, -0.2) is 0 Å². The molecule has 1 heterocycles. The number of benzene rings is 1. The Morgan fingerprint density at radius 2 is 1.70 bits per heavy atom. The number of pyridine rings is 1. The molecule has 27 heavy (non-hydrogen) atoms. The molecule has 2 aromatic rings. The van der Waals surface area contributed by atoms with Crippen LogP contribution < -0.4 is 4.74 Å². The molecular weight excluding hydrogens is 355 g/mol. The van der Waals surface area contributed by atoms with Crippen molar-refractivity contribution >= 4 is 5.78 Å². The highest BCUT2D eigenvalue weighted by Crippen LogP contribution is 2.37. The number of methoxy groups -OCH3 is 1. The van der Waals surface area contributed by atoms with Crippen LogP contribution in [0.4, 0.5) is 13.2 Å². The minimum Gasteiger partial charge on any atom is -0.495 e. The van der Waals surface area contributed by atoms with Crippen LogP contribution in [0.15, 0.2) is 42.6 Å². The second-order valence-corrected chi connectivity index (χ2v) is 7.58. The van der Waals surface area contributed by atoms with Crippen molar-refractivity contribution in [2.24, 2.45) is 0 Å². The van der Waals surface area contributed by atoms with E-state index < -0.39 is 24.3 Å². The van der Waals surface area contributed by atoms with E-state index in [-0.39, 0.29) is 17.5 Å². The van der Waals surface area contributed by atoms with E-state index in [9.17, 15) is 18.0 Å². The lowest BCUT2D eigenvalue weighted by molar-refractivity contribution is -0.157. The zero-order chi connectivity index (χ0) is 20.2. The van der Waals surface area contributed by atoms with Gasteiger partial charge in [-0.15, -0.1) is 0 Å². The summed E-state index contributed by atoms with van der Waals surface area (Å²) < 4.78 is 45.3. The number of alkyl halides is 3. The second-order valence-electron chi connectivity index (χ2n) is 7.58. The van der Waals surface area contributed by atoms with Gasteiger partial charge in [-0.05, 0) is 28.7 Å². The Hall–Kier alpha value is -2.37. The largest absolute Gasteiger partial charge is 0.495 e. The van der Waals surface area contributed by atoms with Crippen LogP contribution in [0, 0.1) is 0 Å². The molecule has 2 rings (SSSR count). The molecule has 1 atom stereocenters. The van der Waals surface area contributed by atoms with Gasteiger partial charge in [-0.1, -0.05) is 45.0 Å². The van der Waals surface area contributed by atoms with Crippen LogP contribution in [0.1, 0.15) is 49.9 Å². The van der Waals surface area contributed by atoms with Gasteiger partial charge in [0.1, 0.15) is 17.5 Å². The number of nitrogens with zero attached hydrogens (tertiary/aromatic N) is 1. The van der Waals surface area contributed by atoms with E-state index in [2.05, 4.69) is 25.8 Å². The molecule has 0 unspecified atom stereocenters. The number of hydrogen-bond acceptors (Lipinski definition) is 3. The molecule has 0 saturated carbocycles. The normalized spacial score (nSPS) is 13.3. The SMILES string of the molecule is COc1ccc([C@H](CC(=O)Cc2ccc(C(C)(C)C)cc2)C(F)(F)F)nc1. The number of hydrogen-bond donors (Lipinski definition) is 0. The molecule has 0 bridgehead atoms. The van der Waals surface area contributed by atoms with Crippen molar-refractivity contribution < 1.29 is 22.7 Å². The first-order valence-electron chi connectivity index (χ1n) is 8.68. The number of Topliss-reactive ketones (excluding diaryl/α,β-unsaturated/α-hetero) is 1. The summed E-state index contributed by atoms with van der Waals surface area (Å²) in [6.45, 7) is 6.22. The van der Waals surface area contributed by atoms with E-state index in [1.54, 1.807) is 12.1 Å². The average molecular weight is 379 g/mol. The lowest BCUT2D eigenvalue weighted by Crippen LogP contribution is -2.25. The average Bonchev–Trinajstić information content (AvgIpc) is 2.58. The molecule has 0 fully saturated rings. The molecule has 0 N–H and O–H groups in total. The van der Waals surface area contributed by atoms with Crippen LogP contribution >= 0.6 is 0 Å². The Labute approximate surface area is 157 Å². The maximum absolute atomic E-state index is 13.4. The summed E-state index contributed by atoms with van der Waals surface area (Å²) in [6.07, 6.45) is -3.99. The second kappa shape index (κ2) is 8.11. The summed E-state index contributed by atoms with van der Waals surface area (Å²) in [5.74, 6) is -2.03. The third-order valence-corrected chi connectivity index (χ3v) is 4.40. The number of ether oxygens (including phenoxy) is 1. The van der Waals surface area contributed by atoms with Crippen molar-refractivity contribution in [3.8, 4) is 5.75 Å². The van der Waals surface area contributed by atoms with Gasteiger partial charge in [0.2, 0.25) is 0 Å². The van der Waals surface area contributed by atoms with Gasteiger partial charge in [-0.3, -0.25) is 9.78 Å². The molecule has 0 aliphatic rings. The van der Waals surface area contributed by atoms with Gasteiger partial charge in [0.25, 0.3) is 0 Å². The van der Waals surface area contributed by atoms with E-state index in [1.807, 2.05) is 12.1 Å². The lowest BCUT2D eigenvalue weighted by Gasteiger charge is -2.20. The molecule has 3 nitrogen and oxygen atoms in total. The Morgan fingerprint density at radius 3 is 2.15 bits per heavy atom. The van der Waals surface area contributed by atoms with Gasteiger partial charge < -0.3 is 4.74 Å². The van der Waals surface area contributed by atoms with Crippen molar-refractivity contribution in [1.29, 1.82) is 0 Å². The molecule has 0 radical (unpaired) electrons. The highest BCUT2D eigenvalue weighted by Gasteiger charge is 2.42. The van der Waals surface area contributed by atoms with Crippen molar-refractivity contribution in [2.75, 3.05) is 7.11 Å². The molecule has 6 heteroatoms.